The predicted octanol–water partition coefficient (Wildman–Crippen LogP) is 4.42. The Morgan fingerprint density at radius 2 is 2.06 bits per heavy atom. The van der Waals surface area contributed by atoms with Crippen molar-refractivity contribution in [2.45, 2.75) is 26.7 Å². The van der Waals surface area contributed by atoms with Crippen LogP contribution in [0.15, 0.2) is 35.2 Å². The van der Waals surface area contributed by atoms with Gasteiger partial charge < -0.3 is 4.42 Å². The van der Waals surface area contributed by atoms with E-state index in [2.05, 4.69) is 24.9 Å². The van der Waals surface area contributed by atoms with Gasteiger partial charge in [0.15, 0.2) is 6.39 Å². The standard InChI is InChI=1S/C14H16ClNO/c1-9(2)14(13-7-16-8-17-13)11-5-4-10(3)12(15)6-11/h4-9,14H,1-3H3. The van der Waals surface area contributed by atoms with Crippen molar-refractivity contribution >= 4 is 11.6 Å². The molecule has 0 aliphatic carbocycles. The average molecular weight is 250 g/mol. The molecule has 1 unspecified atom stereocenters. The van der Waals surface area contributed by atoms with Gasteiger partial charge in [0.1, 0.15) is 5.76 Å². The van der Waals surface area contributed by atoms with E-state index in [4.69, 9.17) is 16.0 Å². The van der Waals surface area contributed by atoms with Crippen LogP contribution in [0, 0.1) is 12.8 Å². The van der Waals surface area contributed by atoms with Gasteiger partial charge in [0.05, 0.1) is 6.20 Å². The number of hydrogen-bond acceptors (Lipinski definition) is 2. The molecule has 0 radical (unpaired) electrons. The van der Waals surface area contributed by atoms with Gasteiger partial charge in [-0.3, -0.25) is 0 Å². The zero-order valence-electron chi connectivity index (χ0n) is 10.3. The summed E-state index contributed by atoms with van der Waals surface area (Å²) in [5, 5.41) is 0.799. The Hall–Kier alpha value is -1.28. The summed E-state index contributed by atoms with van der Waals surface area (Å²) < 4.78 is 5.43. The molecule has 3 heteroatoms. The predicted molar refractivity (Wildman–Crippen MR) is 69.4 cm³/mol. The van der Waals surface area contributed by atoms with Crippen molar-refractivity contribution in [1.29, 1.82) is 0 Å². The van der Waals surface area contributed by atoms with E-state index in [1.165, 1.54) is 12.0 Å². The van der Waals surface area contributed by atoms with E-state index in [0.717, 1.165) is 16.3 Å². The van der Waals surface area contributed by atoms with E-state index >= 15 is 0 Å². The smallest absolute Gasteiger partial charge is 0.180 e. The molecule has 0 aliphatic rings. The van der Waals surface area contributed by atoms with Gasteiger partial charge in [-0.15, -0.1) is 0 Å². The molecular formula is C14H16ClNO. The van der Waals surface area contributed by atoms with Crippen molar-refractivity contribution in [3.8, 4) is 0 Å². The van der Waals surface area contributed by atoms with Gasteiger partial charge in [0.2, 0.25) is 0 Å². The third-order valence-electron chi connectivity index (χ3n) is 2.98. The molecule has 2 aromatic rings. The number of benzene rings is 1. The van der Waals surface area contributed by atoms with Crippen LogP contribution >= 0.6 is 11.6 Å². The van der Waals surface area contributed by atoms with Crippen LogP contribution in [0.1, 0.15) is 36.7 Å². The minimum Gasteiger partial charge on any atom is -0.448 e. The maximum absolute atomic E-state index is 6.18. The molecule has 0 spiro atoms. The van der Waals surface area contributed by atoms with Crippen LogP contribution in [0.5, 0.6) is 0 Å². The van der Waals surface area contributed by atoms with Crippen molar-refractivity contribution in [2.75, 3.05) is 0 Å². The van der Waals surface area contributed by atoms with Crippen molar-refractivity contribution in [3.05, 3.63) is 52.7 Å². The second kappa shape index (κ2) is 4.92. The molecule has 0 fully saturated rings. The van der Waals surface area contributed by atoms with Gasteiger partial charge in [-0.05, 0) is 30.0 Å². The fourth-order valence-corrected chi connectivity index (χ4v) is 2.25. The summed E-state index contributed by atoms with van der Waals surface area (Å²) in [5.74, 6) is 1.53. The van der Waals surface area contributed by atoms with E-state index < -0.39 is 0 Å². The van der Waals surface area contributed by atoms with E-state index in [1.54, 1.807) is 6.20 Å². The molecule has 0 N–H and O–H groups in total. The number of aryl methyl sites for hydroxylation is 1. The maximum Gasteiger partial charge on any atom is 0.180 e. The van der Waals surface area contributed by atoms with Crippen molar-refractivity contribution < 1.29 is 4.42 Å². The molecule has 1 aromatic carbocycles. The van der Waals surface area contributed by atoms with Gasteiger partial charge in [0.25, 0.3) is 0 Å². The molecule has 0 aliphatic heterocycles. The van der Waals surface area contributed by atoms with Crippen LogP contribution in [0.2, 0.25) is 5.02 Å². The number of nitrogens with zero attached hydrogens (tertiary/aromatic N) is 1. The second-order valence-electron chi connectivity index (χ2n) is 4.63. The summed E-state index contributed by atoms with van der Waals surface area (Å²) in [6.07, 6.45) is 3.25. The highest BCUT2D eigenvalue weighted by molar-refractivity contribution is 6.31. The highest BCUT2D eigenvalue weighted by atomic mass is 35.5. The summed E-state index contributed by atoms with van der Waals surface area (Å²) in [5.41, 5.74) is 2.27. The van der Waals surface area contributed by atoms with Crippen LogP contribution in [0.4, 0.5) is 0 Å². The lowest BCUT2D eigenvalue weighted by molar-refractivity contribution is 0.429. The van der Waals surface area contributed by atoms with Crippen LogP contribution in [-0.4, -0.2) is 4.98 Å². The summed E-state index contributed by atoms with van der Waals surface area (Å²) in [4.78, 5) is 3.99. The zero-order valence-corrected chi connectivity index (χ0v) is 11.0. The number of oxazole rings is 1. The molecule has 0 saturated carbocycles. The first kappa shape index (κ1) is 12.2. The van der Waals surface area contributed by atoms with E-state index in [-0.39, 0.29) is 5.92 Å². The molecule has 1 aromatic heterocycles. The quantitative estimate of drug-likeness (QED) is 0.805. The number of hydrogen-bond donors (Lipinski definition) is 0. The molecule has 1 atom stereocenters. The highest BCUT2D eigenvalue weighted by Gasteiger charge is 2.21. The summed E-state index contributed by atoms with van der Waals surface area (Å²) in [6.45, 7) is 6.34. The van der Waals surface area contributed by atoms with E-state index in [1.807, 2.05) is 19.1 Å². The number of aromatic nitrogens is 1. The largest absolute Gasteiger partial charge is 0.448 e. The molecule has 1 heterocycles. The van der Waals surface area contributed by atoms with Crippen molar-refractivity contribution in [3.63, 3.8) is 0 Å². The monoisotopic (exact) mass is 249 g/mol. The Balaban J connectivity index is 2.43. The molecule has 90 valence electrons. The van der Waals surface area contributed by atoms with Crippen LogP contribution < -0.4 is 0 Å². The molecule has 17 heavy (non-hydrogen) atoms. The Labute approximate surface area is 107 Å². The molecular weight excluding hydrogens is 234 g/mol. The molecule has 2 nitrogen and oxygen atoms in total. The first-order chi connectivity index (χ1) is 8.09. The third kappa shape index (κ3) is 2.52. The summed E-state index contributed by atoms with van der Waals surface area (Å²) >= 11 is 6.18. The van der Waals surface area contributed by atoms with Gasteiger partial charge in [-0.25, -0.2) is 4.98 Å². The van der Waals surface area contributed by atoms with Crippen LogP contribution in [-0.2, 0) is 0 Å². The lowest BCUT2D eigenvalue weighted by Gasteiger charge is -2.19. The number of halogens is 1. The van der Waals surface area contributed by atoms with Gasteiger partial charge >= 0.3 is 0 Å². The minimum absolute atomic E-state index is 0.204. The van der Waals surface area contributed by atoms with Gasteiger partial charge in [-0.1, -0.05) is 37.6 Å². The summed E-state index contributed by atoms with van der Waals surface area (Å²) in [7, 11) is 0. The van der Waals surface area contributed by atoms with Crippen molar-refractivity contribution in [2.24, 2.45) is 5.92 Å². The highest BCUT2D eigenvalue weighted by Crippen LogP contribution is 2.33. The average Bonchev–Trinajstić information content (AvgIpc) is 2.76. The van der Waals surface area contributed by atoms with Gasteiger partial charge in [-0.2, -0.15) is 0 Å². The minimum atomic E-state index is 0.204. The van der Waals surface area contributed by atoms with E-state index in [0.29, 0.717) is 5.92 Å². The first-order valence-corrected chi connectivity index (χ1v) is 6.12. The lowest BCUT2D eigenvalue weighted by atomic mass is 9.86. The molecule has 0 amide bonds. The third-order valence-corrected chi connectivity index (χ3v) is 3.39. The fourth-order valence-electron chi connectivity index (χ4n) is 2.06. The Morgan fingerprint density at radius 1 is 1.29 bits per heavy atom. The maximum atomic E-state index is 6.18. The molecule has 0 bridgehead atoms. The Bertz CT molecular complexity index is 491. The van der Waals surface area contributed by atoms with E-state index in [9.17, 15) is 0 Å². The number of rotatable bonds is 3. The fraction of sp³-hybridized carbons (Fsp3) is 0.357. The topological polar surface area (TPSA) is 26.0 Å². The Morgan fingerprint density at radius 3 is 2.59 bits per heavy atom. The second-order valence-corrected chi connectivity index (χ2v) is 5.04. The lowest BCUT2D eigenvalue weighted by Crippen LogP contribution is -2.07. The normalized spacial score (nSPS) is 13.0. The van der Waals surface area contributed by atoms with Gasteiger partial charge in [0, 0.05) is 10.9 Å². The molecule has 0 saturated heterocycles. The summed E-state index contributed by atoms with van der Waals surface area (Å²) in [6, 6.07) is 6.17. The SMILES string of the molecule is Cc1ccc(C(c2cnco2)C(C)C)cc1Cl. The zero-order chi connectivity index (χ0) is 12.4. The van der Waals surface area contributed by atoms with Crippen molar-refractivity contribution in [1.82, 2.24) is 4.98 Å². The van der Waals surface area contributed by atoms with Crippen LogP contribution in [0.25, 0.3) is 0 Å². The Kier molecular flexibility index (Phi) is 3.53. The van der Waals surface area contributed by atoms with Crippen LogP contribution in [0.3, 0.4) is 0 Å². The first-order valence-electron chi connectivity index (χ1n) is 5.74. The molecule has 2 rings (SSSR count).